The molecule has 1 aliphatic rings. The highest BCUT2D eigenvalue weighted by atomic mass is 32.2. The van der Waals surface area contributed by atoms with Crippen molar-refractivity contribution in [2.75, 3.05) is 12.4 Å². The van der Waals surface area contributed by atoms with E-state index in [9.17, 15) is 9.90 Å². The average Bonchev–Trinajstić information content (AvgIpc) is 2.81. The van der Waals surface area contributed by atoms with Crippen molar-refractivity contribution >= 4 is 17.7 Å². The van der Waals surface area contributed by atoms with Crippen LogP contribution in [0.15, 0.2) is 18.2 Å². The molecule has 0 aliphatic carbocycles. The lowest BCUT2D eigenvalue weighted by atomic mass is 10.1. The predicted octanol–water partition coefficient (Wildman–Crippen LogP) is 1.58. The number of ether oxygens (including phenoxy) is 1. The summed E-state index contributed by atoms with van der Waals surface area (Å²) in [4.78, 5) is 10.9. The SMILES string of the molecule is CCOc1cccc([C@@H]2CS[C@@H](C(=O)O)N2)c1O. The zero-order valence-corrected chi connectivity index (χ0v) is 10.7. The highest BCUT2D eigenvalue weighted by molar-refractivity contribution is 8.00. The van der Waals surface area contributed by atoms with E-state index in [0.717, 1.165) is 0 Å². The molecule has 1 heterocycles. The number of benzene rings is 1. The van der Waals surface area contributed by atoms with Crippen molar-refractivity contribution in [3.63, 3.8) is 0 Å². The third kappa shape index (κ3) is 2.54. The van der Waals surface area contributed by atoms with E-state index in [1.807, 2.05) is 6.92 Å². The van der Waals surface area contributed by atoms with Gasteiger partial charge in [0.05, 0.1) is 6.61 Å². The van der Waals surface area contributed by atoms with Crippen molar-refractivity contribution in [3.05, 3.63) is 23.8 Å². The van der Waals surface area contributed by atoms with Gasteiger partial charge in [0.2, 0.25) is 0 Å². The van der Waals surface area contributed by atoms with E-state index in [0.29, 0.717) is 23.7 Å². The van der Waals surface area contributed by atoms with Crippen molar-refractivity contribution in [1.29, 1.82) is 0 Å². The van der Waals surface area contributed by atoms with Crippen LogP contribution < -0.4 is 10.1 Å². The molecule has 1 aromatic rings. The van der Waals surface area contributed by atoms with E-state index in [1.165, 1.54) is 11.8 Å². The molecular formula is C12H15NO4S. The molecule has 0 radical (unpaired) electrons. The predicted molar refractivity (Wildman–Crippen MR) is 69.0 cm³/mol. The molecule has 0 unspecified atom stereocenters. The number of carbonyl (C=O) groups is 1. The van der Waals surface area contributed by atoms with Gasteiger partial charge in [0.15, 0.2) is 16.9 Å². The normalized spacial score (nSPS) is 22.9. The Morgan fingerprint density at radius 1 is 1.61 bits per heavy atom. The summed E-state index contributed by atoms with van der Waals surface area (Å²) in [5.74, 6) is 0.243. The standard InChI is InChI=1S/C12H15NO4S/c1-2-17-9-5-3-4-7(10(9)14)8-6-18-11(13-8)12(15)16/h3-5,8,11,13-14H,2,6H2,1H3,(H,15,16)/t8-,11-/m0/s1. The Morgan fingerprint density at radius 3 is 3.00 bits per heavy atom. The summed E-state index contributed by atoms with van der Waals surface area (Å²) in [5, 5.41) is 21.3. The summed E-state index contributed by atoms with van der Waals surface area (Å²) in [7, 11) is 0. The minimum Gasteiger partial charge on any atom is -0.504 e. The monoisotopic (exact) mass is 269 g/mol. The maximum atomic E-state index is 10.9. The fourth-order valence-electron chi connectivity index (χ4n) is 1.89. The zero-order chi connectivity index (χ0) is 13.1. The number of hydrogen-bond donors (Lipinski definition) is 3. The molecule has 2 rings (SSSR count). The van der Waals surface area contributed by atoms with Crippen LogP contribution in [0.2, 0.25) is 0 Å². The molecule has 0 amide bonds. The molecule has 1 aliphatic heterocycles. The molecule has 3 N–H and O–H groups in total. The zero-order valence-electron chi connectivity index (χ0n) is 9.92. The van der Waals surface area contributed by atoms with Gasteiger partial charge >= 0.3 is 5.97 Å². The lowest BCUT2D eigenvalue weighted by Gasteiger charge is -2.15. The Hall–Kier alpha value is -1.40. The molecule has 1 fully saturated rings. The lowest BCUT2D eigenvalue weighted by molar-refractivity contribution is -0.137. The summed E-state index contributed by atoms with van der Waals surface area (Å²) < 4.78 is 5.31. The Morgan fingerprint density at radius 2 is 2.39 bits per heavy atom. The molecule has 0 aromatic heterocycles. The number of nitrogens with one attached hydrogen (secondary N) is 1. The number of rotatable bonds is 4. The van der Waals surface area contributed by atoms with E-state index < -0.39 is 11.3 Å². The second-order valence-corrected chi connectivity index (χ2v) is 5.04. The van der Waals surface area contributed by atoms with Crippen LogP contribution in [0.3, 0.4) is 0 Å². The smallest absolute Gasteiger partial charge is 0.331 e. The van der Waals surface area contributed by atoms with Crippen LogP contribution in [-0.2, 0) is 4.79 Å². The molecule has 98 valence electrons. The molecule has 0 spiro atoms. The van der Waals surface area contributed by atoms with Crippen LogP contribution in [0.1, 0.15) is 18.5 Å². The van der Waals surface area contributed by atoms with Crippen molar-refractivity contribution in [3.8, 4) is 11.5 Å². The van der Waals surface area contributed by atoms with Crippen molar-refractivity contribution in [2.45, 2.75) is 18.3 Å². The Labute approximate surface area is 109 Å². The average molecular weight is 269 g/mol. The minimum atomic E-state index is -0.886. The lowest BCUT2D eigenvalue weighted by Crippen LogP contribution is -2.30. The first-order chi connectivity index (χ1) is 8.63. The number of phenolic OH excluding ortho intramolecular Hbond substituents is 1. The number of carboxylic acids is 1. The number of para-hydroxylation sites is 1. The fourth-order valence-corrected chi connectivity index (χ4v) is 2.95. The second-order valence-electron chi connectivity index (χ2n) is 3.90. The van der Waals surface area contributed by atoms with Gasteiger partial charge in [-0.3, -0.25) is 5.32 Å². The van der Waals surface area contributed by atoms with Crippen molar-refractivity contribution in [2.24, 2.45) is 0 Å². The van der Waals surface area contributed by atoms with E-state index in [1.54, 1.807) is 18.2 Å². The van der Waals surface area contributed by atoms with Gasteiger partial charge in [-0.15, -0.1) is 11.8 Å². The highest BCUT2D eigenvalue weighted by Crippen LogP contribution is 2.38. The minimum absolute atomic E-state index is 0.0866. The number of hydrogen-bond acceptors (Lipinski definition) is 5. The molecular weight excluding hydrogens is 254 g/mol. The van der Waals surface area contributed by atoms with Gasteiger partial charge in [-0.1, -0.05) is 12.1 Å². The van der Waals surface area contributed by atoms with Crippen molar-refractivity contribution < 1.29 is 19.7 Å². The van der Waals surface area contributed by atoms with Gasteiger partial charge < -0.3 is 14.9 Å². The first kappa shape index (κ1) is 13.0. The third-order valence-electron chi connectivity index (χ3n) is 2.71. The first-order valence-corrected chi connectivity index (χ1v) is 6.73. The Balaban J connectivity index is 2.19. The third-order valence-corrected chi connectivity index (χ3v) is 3.91. The maximum absolute atomic E-state index is 10.9. The van der Waals surface area contributed by atoms with Gasteiger partial charge in [-0.05, 0) is 13.0 Å². The maximum Gasteiger partial charge on any atom is 0.331 e. The molecule has 18 heavy (non-hydrogen) atoms. The number of aromatic hydroxyl groups is 1. The number of aliphatic carboxylic acids is 1. The fraction of sp³-hybridized carbons (Fsp3) is 0.417. The topological polar surface area (TPSA) is 78.8 Å². The van der Waals surface area contributed by atoms with Crippen LogP contribution in [0, 0.1) is 0 Å². The van der Waals surface area contributed by atoms with Crippen LogP contribution in [-0.4, -0.2) is 33.9 Å². The summed E-state index contributed by atoms with van der Waals surface area (Å²) in [6.45, 7) is 2.32. The largest absolute Gasteiger partial charge is 0.504 e. The van der Waals surface area contributed by atoms with Gasteiger partial charge in [-0.2, -0.15) is 0 Å². The second kappa shape index (κ2) is 5.49. The van der Waals surface area contributed by atoms with Gasteiger partial charge in [0.25, 0.3) is 0 Å². The number of carboxylic acid groups (broad SMARTS) is 1. The molecule has 2 atom stereocenters. The van der Waals surface area contributed by atoms with Crippen LogP contribution in [0.5, 0.6) is 11.5 Å². The van der Waals surface area contributed by atoms with E-state index in [-0.39, 0.29) is 11.8 Å². The summed E-state index contributed by atoms with van der Waals surface area (Å²) in [6.07, 6.45) is 0. The van der Waals surface area contributed by atoms with Crippen LogP contribution >= 0.6 is 11.8 Å². The molecule has 5 nitrogen and oxygen atoms in total. The summed E-state index contributed by atoms with van der Waals surface area (Å²) in [5.41, 5.74) is 0.678. The van der Waals surface area contributed by atoms with Gasteiger partial charge in [-0.25, -0.2) is 4.79 Å². The van der Waals surface area contributed by atoms with Gasteiger partial charge in [0, 0.05) is 17.4 Å². The first-order valence-electron chi connectivity index (χ1n) is 5.68. The van der Waals surface area contributed by atoms with Gasteiger partial charge in [0.1, 0.15) is 0 Å². The molecule has 6 heteroatoms. The summed E-state index contributed by atoms with van der Waals surface area (Å²) in [6, 6.07) is 5.09. The molecule has 0 saturated carbocycles. The van der Waals surface area contributed by atoms with Crippen LogP contribution in [0.4, 0.5) is 0 Å². The Kier molecular flexibility index (Phi) is 3.98. The summed E-state index contributed by atoms with van der Waals surface area (Å²) >= 11 is 1.32. The molecule has 1 saturated heterocycles. The highest BCUT2D eigenvalue weighted by Gasteiger charge is 2.32. The Bertz CT molecular complexity index is 452. The van der Waals surface area contributed by atoms with E-state index in [2.05, 4.69) is 5.32 Å². The van der Waals surface area contributed by atoms with Crippen LogP contribution in [0.25, 0.3) is 0 Å². The molecule has 1 aromatic carbocycles. The van der Waals surface area contributed by atoms with Crippen molar-refractivity contribution in [1.82, 2.24) is 5.32 Å². The quantitative estimate of drug-likeness (QED) is 0.770. The number of phenols is 1. The van der Waals surface area contributed by atoms with E-state index >= 15 is 0 Å². The van der Waals surface area contributed by atoms with E-state index in [4.69, 9.17) is 9.84 Å². The number of thioether (sulfide) groups is 1. The molecule has 0 bridgehead atoms.